The van der Waals surface area contributed by atoms with Crippen LogP contribution in [0.2, 0.25) is 0 Å². The minimum absolute atomic E-state index is 0.307. The molecule has 27 heavy (non-hydrogen) atoms. The van der Waals surface area contributed by atoms with Crippen LogP contribution in [0.25, 0.3) is 0 Å². The standard InChI is InChI=1S/C24H36N2O/c1-6-7-16-14-17-15-18(27-5)8-9-19(17)20-12-13-24(2)21(23(16)20)10-11-22(24)25-26(3)4/h8-9,15-16,20-21,23H,6-7,10-14H2,1-5H3/t16?,20-,21+,23-,24+/m1/s1. The number of benzene rings is 1. The minimum Gasteiger partial charge on any atom is -0.497 e. The molecule has 0 bridgehead atoms. The van der Waals surface area contributed by atoms with E-state index < -0.39 is 0 Å². The molecule has 0 spiro atoms. The Morgan fingerprint density at radius 2 is 2.07 bits per heavy atom. The molecule has 148 valence electrons. The van der Waals surface area contributed by atoms with Gasteiger partial charge in [0.2, 0.25) is 0 Å². The van der Waals surface area contributed by atoms with Crippen molar-refractivity contribution in [3.8, 4) is 5.75 Å². The maximum absolute atomic E-state index is 5.53. The minimum atomic E-state index is 0.307. The maximum atomic E-state index is 5.53. The highest BCUT2D eigenvalue weighted by molar-refractivity contribution is 5.92. The van der Waals surface area contributed by atoms with Crippen LogP contribution in [0.4, 0.5) is 0 Å². The molecule has 3 aliphatic carbocycles. The monoisotopic (exact) mass is 368 g/mol. The first-order valence-corrected chi connectivity index (χ1v) is 10.9. The first-order valence-electron chi connectivity index (χ1n) is 10.9. The average molecular weight is 369 g/mol. The van der Waals surface area contributed by atoms with Gasteiger partial charge in [0.25, 0.3) is 0 Å². The van der Waals surface area contributed by atoms with E-state index in [0.29, 0.717) is 5.41 Å². The topological polar surface area (TPSA) is 24.8 Å². The molecular weight excluding hydrogens is 332 g/mol. The molecule has 0 heterocycles. The van der Waals surface area contributed by atoms with E-state index in [4.69, 9.17) is 9.84 Å². The summed E-state index contributed by atoms with van der Waals surface area (Å²) in [5, 5.41) is 6.96. The van der Waals surface area contributed by atoms with Gasteiger partial charge in [0.05, 0.1) is 7.11 Å². The highest BCUT2D eigenvalue weighted by Gasteiger charge is 2.55. The zero-order valence-electron chi connectivity index (χ0n) is 17.8. The van der Waals surface area contributed by atoms with Gasteiger partial charge in [-0.05, 0) is 79.0 Å². The smallest absolute Gasteiger partial charge is 0.119 e. The summed E-state index contributed by atoms with van der Waals surface area (Å²) < 4.78 is 5.53. The van der Waals surface area contributed by atoms with Gasteiger partial charge in [-0.3, -0.25) is 0 Å². The number of fused-ring (bicyclic) bond motifs is 5. The molecule has 0 N–H and O–H groups in total. The molecule has 2 saturated carbocycles. The molecule has 2 fully saturated rings. The molecule has 1 unspecified atom stereocenters. The van der Waals surface area contributed by atoms with Crippen molar-refractivity contribution in [2.24, 2.45) is 28.3 Å². The fourth-order valence-electron chi connectivity index (χ4n) is 6.74. The van der Waals surface area contributed by atoms with E-state index in [-0.39, 0.29) is 0 Å². The molecule has 0 saturated heterocycles. The van der Waals surface area contributed by atoms with Gasteiger partial charge < -0.3 is 9.75 Å². The summed E-state index contributed by atoms with van der Waals surface area (Å²) >= 11 is 0. The van der Waals surface area contributed by atoms with Crippen molar-refractivity contribution in [1.29, 1.82) is 0 Å². The van der Waals surface area contributed by atoms with Crippen molar-refractivity contribution < 1.29 is 4.74 Å². The van der Waals surface area contributed by atoms with Crippen molar-refractivity contribution in [3.05, 3.63) is 29.3 Å². The first-order chi connectivity index (χ1) is 13.0. The van der Waals surface area contributed by atoms with Crippen LogP contribution in [0.5, 0.6) is 5.75 Å². The Kier molecular flexibility index (Phi) is 4.98. The van der Waals surface area contributed by atoms with E-state index in [1.165, 1.54) is 50.7 Å². The summed E-state index contributed by atoms with van der Waals surface area (Å²) in [6.07, 6.45) is 8.99. The highest BCUT2D eigenvalue weighted by Crippen LogP contribution is 2.61. The Bertz CT molecular complexity index is 725. The third kappa shape index (κ3) is 3.07. The normalized spacial score (nSPS) is 36.1. The molecular formula is C24H36N2O. The molecule has 0 radical (unpaired) electrons. The fourth-order valence-corrected chi connectivity index (χ4v) is 6.74. The van der Waals surface area contributed by atoms with Crippen LogP contribution in [-0.2, 0) is 6.42 Å². The fraction of sp³-hybridized carbons (Fsp3) is 0.708. The lowest BCUT2D eigenvalue weighted by atomic mass is 9.52. The second kappa shape index (κ2) is 7.14. The number of ether oxygens (including phenoxy) is 1. The molecule has 3 heteroatoms. The van der Waals surface area contributed by atoms with Crippen molar-refractivity contribution >= 4 is 5.71 Å². The van der Waals surface area contributed by atoms with E-state index in [0.717, 1.165) is 29.4 Å². The van der Waals surface area contributed by atoms with Crippen molar-refractivity contribution in [3.63, 3.8) is 0 Å². The van der Waals surface area contributed by atoms with Crippen molar-refractivity contribution in [2.45, 2.75) is 64.7 Å². The van der Waals surface area contributed by atoms with E-state index in [1.54, 1.807) is 18.2 Å². The SMILES string of the molecule is CCCC1Cc2cc(OC)ccc2[C@H]2CC[C@]3(C)C(=NN(C)C)CC[C@H]3[C@H]12. The zero-order valence-corrected chi connectivity index (χ0v) is 17.8. The lowest BCUT2D eigenvalue weighted by molar-refractivity contribution is 0.0497. The lowest BCUT2D eigenvalue weighted by Gasteiger charge is -2.52. The molecule has 5 atom stereocenters. The molecule has 3 aliphatic rings. The molecule has 0 aliphatic heterocycles. The van der Waals surface area contributed by atoms with Gasteiger partial charge >= 0.3 is 0 Å². The quantitative estimate of drug-likeness (QED) is 0.656. The number of rotatable bonds is 4. The number of hydrogen-bond donors (Lipinski definition) is 0. The first kappa shape index (κ1) is 18.8. The molecule has 4 rings (SSSR count). The predicted octanol–water partition coefficient (Wildman–Crippen LogP) is 5.50. The van der Waals surface area contributed by atoms with Crippen LogP contribution < -0.4 is 4.74 Å². The number of methoxy groups -OCH3 is 1. The summed E-state index contributed by atoms with van der Waals surface area (Å²) in [5.74, 6) is 4.17. The Morgan fingerprint density at radius 1 is 1.26 bits per heavy atom. The summed E-state index contributed by atoms with van der Waals surface area (Å²) in [4.78, 5) is 0. The van der Waals surface area contributed by atoms with Gasteiger partial charge in [0.15, 0.2) is 0 Å². The third-order valence-electron chi connectivity index (χ3n) is 7.83. The summed E-state index contributed by atoms with van der Waals surface area (Å²) in [7, 11) is 5.92. The predicted molar refractivity (Wildman–Crippen MR) is 113 cm³/mol. The summed E-state index contributed by atoms with van der Waals surface area (Å²) in [5.41, 5.74) is 4.94. The Balaban J connectivity index is 1.73. The van der Waals surface area contributed by atoms with E-state index in [1.807, 2.05) is 5.01 Å². The van der Waals surface area contributed by atoms with Crippen molar-refractivity contribution in [1.82, 2.24) is 5.01 Å². The van der Waals surface area contributed by atoms with Crippen molar-refractivity contribution in [2.75, 3.05) is 21.2 Å². The third-order valence-corrected chi connectivity index (χ3v) is 7.83. The summed E-state index contributed by atoms with van der Waals surface area (Å²) in [6, 6.07) is 6.87. The molecule has 0 amide bonds. The second-order valence-corrected chi connectivity index (χ2v) is 9.50. The Hall–Kier alpha value is -1.51. The van der Waals surface area contributed by atoms with Crippen LogP contribution in [0.1, 0.15) is 69.4 Å². The number of hydrogen-bond acceptors (Lipinski definition) is 3. The highest BCUT2D eigenvalue weighted by atomic mass is 16.5. The number of nitrogens with zero attached hydrogens (tertiary/aromatic N) is 2. The van der Waals surface area contributed by atoms with Crippen LogP contribution >= 0.6 is 0 Å². The molecule has 0 aromatic heterocycles. The molecule has 1 aromatic rings. The van der Waals surface area contributed by atoms with Crippen LogP contribution in [-0.4, -0.2) is 31.9 Å². The van der Waals surface area contributed by atoms with Crippen LogP contribution in [0.15, 0.2) is 23.3 Å². The van der Waals surface area contributed by atoms with Gasteiger partial charge in [-0.15, -0.1) is 0 Å². The van der Waals surface area contributed by atoms with Gasteiger partial charge in [-0.25, -0.2) is 0 Å². The van der Waals surface area contributed by atoms with Gasteiger partial charge in [-0.1, -0.05) is 32.8 Å². The van der Waals surface area contributed by atoms with Gasteiger partial charge in [-0.2, -0.15) is 5.10 Å². The maximum Gasteiger partial charge on any atom is 0.119 e. The van der Waals surface area contributed by atoms with Gasteiger partial charge in [0, 0.05) is 25.2 Å². The Labute approximate surface area is 165 Å². The Morgan fingerprint density at radius 3 is 2.78 bits per heavy atom. The van der Waals surface area contributed by atoms with E-state index in [9.17, 15) is 0 Å². The van der Waals surface area contributed by atoms with E-state index in [2.05, 4.69) is 46.1 Å². The molecule has 1 aromatic carbocycles. The van der Waals surface area contributed by atoms with E-state index >= 15 is 0 Å². The van der Waals surface area contributed by atoms with Crippen LogP contribution in [0.3, 0.4) is 0 Å². The average Bonchev–Trinajstić information content (AvgIpc) is 2.97. The number of hydrazone groups is 1. The van der Waals surface area contributed by atoms with Crippen LogP contribution in [0, 0.1) is 23.2 Å². The lowest BCUT2D eigenvalue weighted by Crippen LogP contribution is -2.46. The summed E-state index contributed by atoms with van der Waals surface area (Å²) in [6.45, 7) is 4.88. The molecule has 3 nitrogen and oxygen atoms in total. The zero-order chi connectivity index (χ0) is 19.2. The largest absolute Gasteiger partial charge is 0.497 e. The van der Waals surface area contributed by atoms with Gasteiger partial charge in [0.1, 0.15) is 5.75 Å². The second-order valence-electron chi connectivity index (χ2n) is 9.50.